The summed E-state index contributed by atoms with van der Waals surface area (Å²) in [7, 11) is 0. The summed E-state index contributed by atoms with van der Waals surface area (Å²) in [6, 6.07) is 9.73. The summed E-state index contributed by atoms with van der Waals surface area (Å²) in [6.45, 7) is 0.549. The molecule has 4 rings (SSSR count). The molecule has 2 N–H and O–H groups in total. The first-order valence-electron chi connectivity index (χ1n) is 10.4. The molecule has 0 saturated carbocycles. The number of alkyl halides is 3. The van der Waals surface area contributed by atoms with Crippen molar-refractivity contribution < 1.29 is 27.5 Å². The molecular weight excluding hydrogens is 439 g/mol. The van der Waals surface area contributed by atoms with Crippen molar-refractivity contribution in [2.24, 2.45) is 0 Å². The van der Waals surface area contributed by atoms with Crippen molar-refractivity contribution in [3.8, 4) is 11.3 Å². The van der Waals surface area contributed by atoms with Crippen molar-refractivity contribution in [3.05, 3.63) is 48.8 Å². The second-order valence-electron chi connectivity index (χ2n) is 7.70. The largest absolute Gasteiger partial charge is 0.463 e. The Bertz CT molecular complexity index is 1150. The van der Waals surface area contributed by atoms with E-state index in [9.17, 15) is 22.8 Å². The zero-order valence-electron chi connectivity index (χ0n) is 17.5. The molecule has 0 bridgehead atoms. The van der Waals surface area contributed by atoms with E-state index in [1.165, 1.54) is 0 Å². The van der Waals surface area contributed by atoms with Crippen LogP contribution in [0.5, 0.6) is 0 Å². The van der Waals surface area contributed by atoms with Crippen LogP contribution in [-0.2, 0) is 9.53 Å². The molecule has 1 aromatic carbocycles. The van der Waals surface area contributed by atoms with E-state index in [4.69, 9.17) is 4.74 Å². The van der Waals surface area contributed by atoms with Crippen LogP contribution in [0.15, 0.2) is 48.8 Å². The third-order valence-electron chi connectivity index (χ3n) is 5.35. The molecule has 1 fully saturated rings. The van der Waals surface area contributed by atoms with Crippen molar-refractivity contribution in [1.82, 2.24) is 14.7 Å². The van der Waals surface area contributed by atoms with Gasteiger partial charge in [0.15, 0.2) is 0 Å². The molecule has 2 amide bonds. The Balaban J connectivity index is 1.50. The minimum Gasteiger partial charge on any atom is -0.463 e. The molecule has 1 aliphatic heterocycles. The van der Waals surface area contributed by atoms with E-state index in [1.807, 2.05) is 28.8 Å². The number of urea groups is 1. The fourth-order valence-corrected chi connectivity index (χ4v) is 3.85. The van der Waals surface area contributed by atoms with Crippen molar-refractivity contribution in [2.75, 3.05) is 29.9 Å². The fourth-order valence-electron chi connectivity index (χ4n) is 3.85. The highest BCUT2D eigenvalue weighted by Gasteiger charge is 2.27. The molecule has 8 nitrogen and oxygen atoms in total. The number of nitrogens with zero attached hydrogens (tertiary/aromatic N) is 3. The zero-order valence-corrected chi connectivity index (χ0v) is 17.5. The van der Waals surface area contributed by atoms with Gasteiger partial charge in [-0.15, -0.1) is 0 Å². The predicted octanol–water partition coefficient (Wildman–Crippen LogP) is 3.83. The Hall–Kier alpha value is -3.76. The molecule has 33 heavy (non-hydrogen) atoms. The highest BCUT2D eigenvalue weighted by Crippen LogP contribution is 2.27. The van der Waals surface area contributed by atoms with E-state index in [1.54, 1.807) is 29.7 Å². The van der Waals surface area contributed by atoms with E-state index in [-0.39, 0.29) is 6.10 Å². The van der Waals surface area contributed by atoms with Crippen molar-refractivity contribution >= 4 is 29.5 Å². The lowest BCUT2D eigenvalue weighted by atomic mass is 10.1. The summed E-state index contributed by atoms with van der Waals surface area (Å²) in [5, 5.41) is 4.19. The quantitative estimate of drug-likeness (QED) is 0.545. The summed E-state index contributed by atoms with van der Waals surface area (Å²) in [6.07, 6.45) is 0.713. The van der Waals surface area contributed by atoms with Gasteiger partial charge in [-0.25, -0.2) is 9.78 Å². The number of aromatic nitrogens is 2. The number of imidazole rings is 1. The lowest BCUT2D eigenvalue weighted by molar-refractivity contribution is -0.133. The number of hydrogen-bond acceptors (Lipinski definition) is 5. The Morgan fingerprint density at radius 1 is 1.27 bits per heavy atom. The average Bonchev–Trinajstić information content (AvgIpc) is 3.21. The summed E-state index contributed by atoms with van der Waals surface area (Å²) in [4.78, 5) is 29.0. The monoisotopic (exact) mass is 461 g/mol. The molecule has 0 radical (unpaired) electrons. The van der Waals surface area contributed by atoms with Crippen LogP contribution < -0.4 is 15.5 Å². The molecule has 3 heterocycles. The van der Waals surface area contributed by atoms with Gasteiger partial charge in [0.2, 0.25) is 0 Å². The number of rotatable bonds is 6. The molecule has 0 aliphatic carbocycles. The maximum atomic E-state index is 12.3. The number of ether oxygens (including phenoxy) is 1. The summed E-state index contributed by atoms with van der Waals surface area (Å²) in [5.41, 5.74) is 3.53. The van der Waals surface area contributed by atoms with E-state index in [2.05, 4.69) is 15.2 Å². The van der Waals surface area contributed by atoms with Gasteiger partial charge in [-0.3, -0.25) is 9.20 Å². The number of pyridine rings is 1. The van der Waals surface area contributed by atoms with Crippen LogP contribution in [-0.4, -0.2) is 53.8 Å². The number of carbonyl (C=O) groups excluding carboxylic acids is 2. The fraction of sp³-hybridized carbons (Fsp3) is 0.318. The minimum atomic E-state index is -4.48. The van der Waals surface area contributed by atoms with Crippen LogP contribution in [0.1, 0.15) is 12.8 Å². The van der Waals surface area contributed by atoms with Crippen molar-refractivity contribution in [1.29, 1.82) is 0 Å². The number of benzene rings is 1. The number of fused-ring (bicyclic) bond motifs is 1. The third-order valence-corrected chi connectivity index (χ3v) is 5.35. The summed E-state index contributed by atoms with van der Waals surface area (Å²) in [5.74, 6) is 0. The van der Waals surface area contributed by atoms with Crippen LogP contribution >= 0.6 is 0 Å². The zero-order chi connectivity index (χ0) is 23.4. The van der Waals surface area contributed by atoms with E-state index in [0.29, 0.717) is 24.4 Å². The summed E-state index contributed by atoms with van der Waals surface area (Å²) < 4.78 is 43.8. The van der Waals surface area contributed by atoms with Crippen LogP contribution in [0.4, 0.5) is 29.3 Å². The lowest BCUT2D eigenvalue weighted by Gasteiger charge is -2.33. The molecule has 1 aliphatic rings. The van der Waals surface area contributed by atoms with Gasteiger partial charge >= 0.3 is 12.2 Å². The van der Waals surface area contributed by atoms with Crippen molar-refractivity contribution in [3.63, 3.8) is 0 Å². The van der Waals surface area contributed by atoms with Gasteiger partial charge in [0.25, 0.3) is 6.47 Å². The standard InChI is InChI=1S/C22H22F3N5O3/c23-22(24,25)13-27-21(32)28-16-4-1-3-15(9-16)19-11-26-20-10-17(6-8-30(19)20)29-7-2-5-18(12-29)33-14-31/h1,3-4,6,8-11,14,18H,2,5,7,12-13H2,(H2,27,28,32). The molecule has 174 valence electrons. The van der Waals surface area contributed by atoms with Gasteiger partial charge in [0.05, 0.1) is 18.4 Å². The van der Waals surface area contributed by atoms with Gasteiger partial charge < -0.3 is 20.3 Å². The first kappa shape index (κ1) is 22.4. The number of nitrogens with one attached hydrogen (secondary N) is 2. The predicted molar refractivity (Wildman–Crippen MR) is 116 cm³/mol. The van der Waals surface area contributed by atoms with Gasteiger partial charge in [-0.2, -0.15) is 13.2 Å². The van der Waals surface area contributed by atoms with Gasteiger partial charge in [-0.1, -0.05) is 12.1 Å². The highest BCUT2D eigenvalue weighted by molar-refractivity contribution is 5.90. The Kier molecular flexibility index (Phi) is 6.38. The molecule has 1 unspecified atom stereocenters. The maximum Gasteiger partial charge on any atom is 0.405 e. The Morgan fingerprint density at radius 2 is 2.12 bits per heavy atom. The van der Waals surface area contributed by atoms with E-state index in [0.717, 1.165) is 36.3 Å². The molecule has 1 atom stereocenters. The average molecular weight is 461 g/mol. The lowest BCUT2D eigenvalue weighted by Crippen LogP contribution is -2.39. The minimum absolute atomic E-state index is 0.133. The highest BCUT2D eigenvalue weighted by atomic mass is 19.4. The number of hydrogen-bond donors (Lipinski definition) is 2. The summed E-state index contributed by atoms with van der Waals surface area (Å²) >= 11 is 0. The van der Waals surface area contributed by atoms with Crippen LogP contribution in [0, 0.1) is 0 Å². The van der Waals surface area contributed by atoms with E-state index >= 15 is 0 Å². The molecule has 11 heteroatoms. The molecule has 2 aromatic heterocycles. The number of halogens is 3. The molecular formula is C22H22F3N5O3. The molecule has 3 aromatic rings. The number of amides is 2. The normalized spacial score (nSPS) is 16.5. The Labute approximate surface area is 187 Å². The SMILES string of the molecule is O=COC1CCCN(c2ccn3c(-c4cccc(NC(=O)NCC(F)(F)F)c4)cnc3c2)C1. The number of carbonyl (C=O) groups is 2. The smallest absolute Gasteiger partial charge is 0.405 e. The maximum absolute atomic E-state index is 12.3. The van der Waals surface area contributed by atoms with Crippen LogP contribution in [0.25, 0.3) is 16.9 Å². The van der Waals surface area contributed by atoms with Crippen molar-refractivity contribution in [2.45, 2.75) is 25.1 Å². The number of anilines is 2. The molecule has 0 spiro atoms. The van der Waals surface area contributed by atoms with E-state index < -0.39 is 18.8 Å². The van der Waals surface area contributed by atoms with Gasteiger partial charge in [0, 0.05) is 35.7 Å². The van der Waals surface area contributed by atoms with Crippen LogP contribution in [0.3, 0.4) is 0 Å². The second-order valence-corrected chi connectivity index (χ2v) is 7.70. The topological polar surface area (TPSA) is 88.0 Å². The van der Waals surface area contributed by atoms with Crippen LogP contribution in [0.2, 0.25) is 0 Å². The third kappa shape index (κ3) is 5.54. The Morgan fingerprint density at radius 3 is 2.91 bits per heavy atom. The second kappa shape index (κ2) is 9.39. The molecule has 1 saturated heterocycles. The van der Waals surface area contributed by atoms with Gasteiger partial charge in [-0.05, 0) is 31.0 Å². The van der Waals surface area contributed by atoms with Gasteiger partial charge in [0.1, 0.15) is 18.3 Å². The number of piperidine rings is 1. The first-order valence-corrected chi connectivity index (χ1v) is 10.4. The first-order chi connectivity index (χ1) is 15.8.